The van der Waals surface area contributed by atoms with Crippen molar-refractivity contribution >= 4 is 11.9 Å². The highest BCUT2D eigenvalue weighted by atomic mass is 16.5. The Labute approximate surface area is 203 Å². The first-order valence-electron chi connectivity index (χ1n) is 12.7. The molecule has 34 heavy (non-hydrogen) atoms. The quantitative estimate of drug-likeness (QED) is 0.566. The van der Waals surface area contributed by atoms with Gasteiger partial charge in [-0.15, -0.1) is 0 Å². The van der Waals surface area contributed by atoms with Gasteiger partial charge >= 0.3 is 0 Å². The summed E-state index contributed by atoms with van der Waals surface area (Å²) in [6.07, 6.45) is 9.41. The van der Waals surface area contributed by atoms with Gasteiger partial charge in [-0.05, 0) is 82.6 Å². The molecule has 2 atom stereocenters. The summed E-state index contributed by atoms with van der Waals surface area (Å²) >= 11 is 0. The molecule has 0 amide bonds. The molecule has 4 heterocycles. The molecule has 4 rings (SSSR count). The second kappa shape index (κ2) is 10.8. The summed E-state index contributed by atoms with van der Waals surface area (Å²) < 4.78 is 11.2. The number of nitrogens with one attached hydrogen (secondary N) is 1. The number of aryl methyl sites for hydroxylation is 2. The lowest BCUT2D eigenvalue weighted by Gasteiger charge is -2.41. The van der Waals surface area contributed by atoms with Crippen LogP contribution in [0, 0.1) is 20.8 Å². The van der Waals surface area contributed by atoms with Crippen molar-refractivity contribution in [2.24, 2.45) is 0 Å². The summed E-state index contributed by atoms with van der Waals surface area (Å²) in [7, 11) is 0. The maximum absolute atomic E-state index is 5.68. The van der Waals surface area contributed by atoms with Crippen LogP contribution in [0.25, 0.3) is 17.5 Å². The van der Waals surface area contributed by atoms with Crippen LogP contribution in [0.3, 0.4) is 0 Å². The fourth-order valence-electron chi connectivity index (χ4n) is 5.25. The highest BCUT2D eigenvalue weighted by Crippen LogP contribution is 2.38. The van der Waals surface area contributed by atoms with Gasteiger partial charge in [0, 0.05) is 43.6 Å². The average Bonchev–Trinajstić information content (AvgIpc) is 3.25. The maximum Gasteiger partial charge on any atom is 0.261 e. The highest BCUT2D eigenvalue weighted by molar-refractivity contribution is 5.79. The topological polar surface area (TPSA) is 76.3 Å². The van der Waals surface area contributed by atoms with Crippen LogP contribution in [-0.2, 0) is 4.74 Å². The van der Waals surface area contributed by atoms with Crippen molar-refractivity contribution in [2.75, 3.05) is 24.7 Å². The molecule has 0 radical (unpaired) electrons. The Balaban J connectivity index is 1.67. The van der Waals surface area contributed by atoms with Gasteiger partial charge in [0.05, 0.1) is 5.56 Å². The minimum atomic E-state index is 0.348. The summed E-state index contributed by atoms with van der Waals surface area (Å²) in [5.74, 6) is 2.12. The molecule has 184 valence electrons. The van der Waals surface area contributed by atoms with E-state index in [4.69, 9.17) is 14.2 Å². The average molecular weight is 466 g/mol. The number of aromatic nitrogens is 3. The van der Waals surface area contributed by atoms with E-state index >= 15 is 0 Å². The van der Waals surface area contributed by atoms with Crippen molar-refractivity contribution < 1.29 is 9.26 Å². The van der Waals surface area contributed by atoms with Crippen LogP contribution < -0.4 is 10.2 Å². The number of hydrogen-bond acceptors (Lipinski definition) is 7. The Kier molecular flexibility index (Phi) is 7.84. The minimum absolute atomic E-state index is 0.348. The zero-order valence-corrected chi connectivity index (χ0v) is 21.4. The molecule has 2 aromatic rings. The normalized spacial score (nSPS) is 22.3. The van der Waals surface area contributed by atoms with Crippen LogP contribution in [0.1, 0.15) is 68.6 Å². The van der Waals surface area contributed by atoms with E-state index in [0.717, 1.165) is 80.1 Å². The summed E-state index contributed by atoms with van der Waals surface area (Å²) in [5.41, 5.74) is 5.36. The molecule has 2 aliphatic rings. The van der Waals surface area contributed by atoms with E-state index in [2.05, 4.69) is 60.7 Å². The van der Waals surface area contributed by atoms with Gasteiger partial charge in [-0.2, -0.15) is 4.98 Å². The summed E-state index contributed by atoms with van der Waals surface area (Å²) in [5, 5.41) is 7.97. The number of pyridine rings is 1. The van der Waals surface area contributed by atoms with Crippen LogP contribution in [0.15, 0.2) is 22.8 Å². The Morgan fingerprint density at radius 2 is 1.91 bits per heavy atom. The van der Waals surface area contributed by atoms with Crippen LogP contribution in [0.4, 0.5) is 5.82 Å². The molecule has 7 nitrogen and oxygen atoms in total. The van der Waals surface area contributed by atoms with Crippen molar-refractivity contribution in [1.82, 2.24) is 20.4 Å². The molecule has 2 saturated heterocycles. The zero-order valence-electron chi connectivity index (χ0n) is 21.4. The Bertz CT molecular complexity index is 1040. The second-order valence-electron chi connectivity index (χ2n) is 9.68. The third kappa shape index (κ3) is 5.26. The Morgan fingerprint density at radius 3 is 2.53 bits per heavy atom. The molecule has 0 saturated carbocycles. The monoisotopic (exact) mass is 465 g/mol. The van der Waals surface area contributed by atoms with Gasteiger partial charge in [0.15, 0.2) is 5.82 Å². The van der Waals surface area contributed by atoms with E-state index in [1.54, 1.807) is 0 Å². The standard InChI is InChI=1S/C27H39N5O2/c1-7-21(8-2)16-24-18(4)25(27-29-20(6)31-34-27)26(28-19(24)5)32-12-9-23(15-17(32)3)30-22-10-13-33-14-11-22/h7,16-17,22-23,30H,1,8-15H2,2-6H3/b21-16+/t17-,23+/m1/s1. The van der Waals surface area contributed by atoms with Gasteiger partial charge in [0.2, 0.25) is 0 Å². The van der Waals surface area contributed by atoms with E-state index < -0.39 is 0 Å². The van der Waals surface area contributed by atoms with Crippen LogP contribution in [0.5, 0.6) is 0 Å². The van der Waals surface area contributed by atoms with Crippen LogP contribution in [0.2, 0.25) is 0 Å². The van der Waals surface area contributed by atoms with Crippen molar-refractivity contribution in [2.45, 2.75) is 84.8 Å². The summed E-state index contributed by atoms with van der Waals surface area (Å²) in [4.78, 5) is 12.2. The molecule has 2 fully saturated rings. The lowest BCUT2D eigenvalue weighted by atomic mass is 9.94. The number of nitrogens with zero attached hydrogens (tertiary/aromatic N) is 4. The molecular weight excluding hydrogens is 426 g/mol. The van der Waals surface area contributed by atoms with E-state index in [1.807, 2.05) is 13.0 Å². The first-order chi connectivity index (χ1) is 16.4. The third-order valence-electron chi connectivity index (χ3n) is 7.25. The zero-order chi connectivity index (χ0) is 24.2. The first kappa shape index (κ1) is 24.6. The van der Waals surface area contributed by atoms with Gasteiger partial charge in [-0.25, -0.2) is 4.98 Å². The highest BCUT2D eigenvalue weighted by Gasteiger charge is 2.32. The Morgan fingerprint density at radius 1 is 1.15 bits per heavy atom. The lowest BCUT2D eigenvalue weighted by molar-refractivity contribution is 0.0733. The smallest absolute Gasteiger partial charge is 0.261 e. The molecule has 0 aliphatic carbocycles. The number of anilines is 1. The van der Waals surface area contributed by atoms with Gasteiger partial charge in [-0.3, -0.25) is 0 Å². The van der Waals surface area contributed by atoms with Gasteiger partial charge < -0.3 is 19.5 Å². The van der Waals surface area contributed by atoms with Crippen molar-refractivity contribution in [1.29, 1.82) is 0 Å². The molecule has 0 bridgehead atoms. The molecule has 0 spiro atoms. The largest absolute Gasteiger partial charge is 0.381 e. The first-order valence-corrected chi connectivity index (χ1v) is 12.7. The molecule has 2 aromatic heterocycles. The fraction of sp³-hybridized carbons (Fsp3) is 0.593. The van der Waals surface area contributed by atoms with Crippen LogP contribution >= 0.6 is 0 Å². The van der Waals surface area contributed by atoms with E-state index in [0.29, 0.717) is 29.8 Å². The van der Waals surface area contributed by atoms with Crippen molar-refractivity contribution in [3.05, 3.63) is 40.9 Å². The number of hydrogen-bond donors (Lipinski definition) is 1. The van der Waals surface area contributed by atoms with Gasteiger partial charge in [0.1, 0.15) is 5.82 Å². The number of ether oxygens (including phenoxy) is 1. The fourth-order valence-corrected chi connectivity index (χ4v) is 5.25. The second-order valence-corrected chi connectivity index (χ2v) is 9.68. The SMILES string of the molecule is C=C/C(=C\c1c(C)nc(N2CC[C@H](NC3CCOCC3)C[C@H]2C)c(-c2nc(C)no2)c1C)CC. The molecular formula is C27H39N5O2. The molecule has 0 unspecified atom stereocenters. The van der Waals surface area contributed by atoms with E-state index in [9.17, 15) is 0 Å². The number of piperidine rings is 1. The van der Waals surface area contributed by atoms with E-state index in [-0.39, 0.29) is 0 Å². The number of allylic oxidation sites excluding steroid dienone is 2. The maximum atomic E-state index is 5.68. The predicted molar refractivity (Wildman–Crippen MR) is 137 cm³/mol. The van der Waals surface area contributed by atoms with Gasteiger partial charge in [-0.1, -0.05) is 24.7 Å². The molecule has 0 aromatic carbocycles. The minimum Gasteiger partial charge on any atom is -0.381 e. The predicted octanol–water partition coefficient (Wildman–Crippen LogP) is 5.16. The molecule has 1 N–H and O–H groups in total. The summed E-state index contributed by atoms with van der Waals surface area (Å²) in [6.45, 7) is 17.2. The van der Waals surface area contributed by atoms with E-state index in [1.165, 1.54) is 5.57 Å². The van der Waals surface area contributed by atoms with Gasteiger partial charge in [0.25, 0.3) is 5.89 Å². The Hall–Kier alpha value is -2.51. The van der Waals surface area contributed by atoms with Crippen LogP contribution in [-0.4, -0.2) is 53.0 Å². The number of rotatable bonds is 7. The lowest BCUT2D eigenvalue weighted by Crippen LogP contribution is -2.51. The summed E-state index contributed by atoms with van der Waals surface area (Å²) in [6, 6.07) is 1.44. The van der Waals surface area contributed by atoms with Crippen molar-refractivity contribution in [3.8, 4) is 11.5 Å². The third-order valence-corrected chi connectivity index (χ3v) is 7.25. The molecule has 2 aliphatic heterocycles. The molecule has 7 heteroatoms. The van der Waals surface area contributed by atoms with Crippen molar-refractivity contribution in [3.63, 3.8) is 0 Å².